The molecule has 4 nitrogen and oxygen atoms in total. The molecule has 0 bridgehead atoms. The second kappa shape index (κ2) is 5.67. The number of aromatic nitrogens is 2. The molecule has 2 heterocycles. The second-order valence-electron chi connectivity index (χ2n) is 3.62. The van der Waals surface area contributed by atoms with E-state index in [0.717, 1.165) is 15.5 Å². The number of aryl methyl sites for hydroxylation is 1. The summed E-state index contributed by atoms with van der Waals surface area (Å²) in [6.45, 7) is 2.72. The van der Waals surface area contributed by atoms with E-state index in [0.29, 0.717) is 11.5 Å². The van der Waals surface area contributed by atoms with Crippen LogP contribution in [0.3, 0.4) is 0 Å². The van der Waals surface area contributed by atoms with E-state index in [1.54, 1.807) is 18.3 Å². The first kappa shape index (κ1) is 13.3. The van der Waals surface area contributed by atoms with Crippen molar-refractivity contribution in [3.05, 3.63) is 45.2 Å². The highest BCUT2D eigenvalue weighted by Crippen LogP contribution is 2.20. The molecule has 2 rings (SSSR count). The molecule has 0 unspecified atom stereocenters. The van der Waals surface area contributed by atoms with E-state index < -0.39 is 0 Å². The fourth-order valence-electron chi connectivity index (χ4n) is 1.58. The maximum Gasteiger partial charge on any atom is 0.273 e. The number of rotatable bonds is 3. The standard InChI is InChI=1S/C12H11Br2N3O/c1-2-17-7-8(13)6-10(17)12(18)16-11-9(14)4-3-5-15-11/h3-7H,2H2,1H3,(H,15,16,18). The highest BCUT2D eigenvalue weighted by atomic mass is 79.9. The highest BCUT2D eigenvalue weighted by molar-refractivity contribution is 9.10. The van der Waals surface area contributed by atoms with Gasteiger partial charge in [0.25, 0.3) is 5.91 Å². The maximum absolute atomic E-state index is 12.1. The van der Waals surface area contributed by atoms with Crippen LogP contribution in [-0.2, 0) is 6.54 Å². The number of nitrogens with one attached hydrogen (secondary N) is 1. The minimum atomic E-state index is -0.179. The van der Waals surface area contributed by atoms with Gasteiger partial charge >= 0.3 is 0 Å². The summed E-state index contributed by atoms with van der Waals surface area (Å²) in [6.07, 6.45) is 3.51. The molecular formula is C12H11Br2N3O. The molecule has 0 aliphatic carbocycles. The molecule has 2 aromatic rings. The lowest BCUT2D eigenvalue weighted by atomic mass is 10.4. The molecular weight excluding hydrogens is 362 g/mol. The Morgan fingerprint density at radius 2 is 2.28 bits per heavy atom. The summed E-state index contributed by atoms with van der Waals surface area (Å²) in [4.78, 5) is 16.3. The van der Waals surface area contributed by atoms with Crippen molar-refractivity contribution in [3.8, 4) is 0 Å². The fraction of sp³-hybridized carbons (Fsp3) is 0.167. The predicted molar refractivity (Wildman–Crippen MR) is 77.7 cm³/mol. The Balaban J connectivity index is 2.25. The number of pyridine rings is 1. The Hall–Kier alpha value is -1.14. The van der Waals surface area contributed by atoms with Crippen molar-refractivity contribution in [2.45, 2.75) is 13.5 Å². The van der Waals surface area contributed by atoms with Crippen LogP contribution >= 0.6 is 31.9 Å². The number of hydrogen-bond donors (Lipinski definition) is 1. The molecule has 0 aliphatic heterocycles. The van der Waals surface area contributed by atoms with Crippen LogP contribution in [0.4, 0.5) is 5.82 Å². The van der Waals surface area contributed by atoms with E-state index in [1.165, 1.54) is 0 Å². The molecule has 0 spiro atoms. The summed E-state index contributed by atoms with van der Waals surface area (Å²) in [5.41, 5.74) is 0.599. The summed E-state index contributed by atoms with van der Waals surface area (Å²) in [5, 5.41) is 2.78. The Morgan fingerprint density at radius 3 is 2.94 bits per heavy atom. The Kier molecular flexibility index (Phi) is 4.19. The molecule has 0 aliphatic rings. The zero-order valence-corrected chi connectivity index (χ0v) is 12.8. The number of hydrogen-bond acceptors (Lipinski definition) is 2. The molecule has 6 heteroatoms. The smallest absolute Gasteiger partial charge is 0.273 e. The maximum atomic E-state index is 12.1. The first-order chi connectivity index (χ1) is 8.61. The molecule has 1 N–H and O–H groups in total. The predicted octanol–water partition coefficient (Wildman–Crippen LogP) is 3.68. The van der Waals surface area contributed by atoms with Gasteiger partial charge < -0.3 is 9.88 Å². The lowest BCUT2D eigenvalue weighted by Crippen LogP contribution is -2.17. The average molecular weight is 373 g/mol. The van der Waals surface area contributed by atoms with Crippen molar-refractivity contribution in [3.63, 3.8) is 0 Å². The topological polar surface area (TPSA) is 46.9 Å². The first-order valence-electron chi connectivity index (χ1n) is 5.39. The van der Waals surface area contributed by atoms with Crippen molar-refractivity contribution in [1.29, 1.82) is 0 Å². The first-order valence-corrected chi connectivity index (χ1v) is 6.98. The van der Waals surface area contributed by atoms with Gasteiger partial charge in [0.15, 0.2) is 0 Å². The Bertz CT molecular complexity index is 580. The highest BCUT2D eigenvalue weighted by Gasteiger charge is 2.14. The van der Waals surface area contributed by atoms with E-state index in [1.807, 2.05) is 23.8 Å². The van der Waals surface area contributed by atoms with E-state index in [2.05, 4.69) is 42.2 Å². The lowest BCUT2D eigenvalue weighted by molar-refractivity contribution is 0.101. The van der Waals surface area contributed by atoms with Gasteiger partial charge in [0, 0.05) is 23.4 Å². The van der Waals surface area contributed by atoms with Gasteiger partial charge in [-0.3, -0.25) is 4.79 Å². The van der Waals surface area contributed by atoms with Crippen LogP contribution in [0.25, 0.3) is 0 Å². The fourth-order valence-corrected chi connectivity index (χ4v) is 2.39. The molecule has 0 saturated heterocycles. The second-order valence-corrected chi connectivity index (χ2v) is 5.39. The van der Waals surface area contributed by atoms with Crippen molar-refractivity contribution < 1.29 is 4.79 Å². The van der Waals surface area contributed by atoms with Gasteiger partial charge in [-0.05, 0) is 57.0 Å². The van der Waals surface area contributed by atoms with Gasteiger partial charge in [-0.15, -0.1) is 0 Å². The van der Waals surface area contributed by atoms with E-state index >= 15 is 0 Å². The number of halogens is 2. The van der Waals surface area contributed by atoms with Crippen LogP contribution in [0.1, 0.15) is 17.4 Å². The van der Waals surface area contributed by atoms with Gasteiger partial charge in [-0.25, -0.2) is 4.98 Å². The average Bonchev–Trinajstić information content (AvgIpc) is 2.73. The molecule has 0 aromatic carbocycles. The van der Waals surface area contributed by atoms with Crippen LogP contribution < -0.4 is 5.32 Å². The molecule has 1 amide bonds. The number of carbonyl (C=O) groups is 1. The van der Waals surface area contributed by atoms with Crippen molar-refractivity contribution >= 4 is 43.6 Å². The number of nitrogens with zero attached hydrogens (tertiary/aromatic N) is 2. The summed E-state index contributed by atoms with van der Waals surface area (Å²) < 4.78 is 3.51. The number of amides is 1. The van der Waals surface area contributed by atoms with Crippen molar-refractivity contribution in [1.82, 2.24) is 9.55 Å². The normalized spacial score (nSPS) is 10.4. The lowest BCUT2D eigenvalue weighted by Gasteiger charge is -2.08. The van der Waals surface area contributed by atoms with Crippen LogP contribution in [0.5, 0.6) is 0 Å². The van der Waals surface area contributed by atoms with Gasteiger partial charge in [0.05, 0.1) is 4.47 Å². The van der Waals surface area contributed by atoms with Crippen LogP contribution in [0.2, 0.25) is 0 Å². The summed E-state index contributed by atoms with van der Waals surface area (Å²) >= 11 is 6.71. The van der Waals surface area contributed by atoms with Gasteiger partial charge in [0.2, 0.25) is 0 Å². The third-order valence-corrected chi connectivity index (χ3v) is 3.50. The van der Waals surface area contributed by atoms with Crippen molar-refractivity contribution in [2.24, 2.45) is 0 Å². The molecule has 0 radical (unpaired) electrons. The zero-order chi connectivity index (χ0) is 13.1. The van der Waals surface area contributed by atoms with E-state index in [4.69, 9.17) is 0 Å². The third kappa shape index (κ3) is 2.81. The minimum Gasteiger partial charge on any atom is -0.343 e. The molecule has 94 valence electrons. The number of anilines is 1. The van der Waals surface area contributed by atoms with Crippen molar-refractivity contribution in [2.75, 3.05) is 5.32 Å². The molecule has 0 fully saturated rings. The molecule has 0 atom stereocenters. The monoisotopic (exact) mass is 371 g/mol. The zero-order valence-electron chi connectivity index (χ0n) is 9.65. The summed E-state index contributed by atoms with van der Waals surface area (Å²) in [5.74, 6) is 0.337. The quantitative estimate of drug-likeness (QED) is 0.893. The minimum absolute atomic E-state index is 0.179. The number of carbonyl (C=O) groups excluding carboxylic acids is 1. The summed E-state index contributed by atoms with van der Waals surface area (Å²) in [7, 11) is 0. The van der Waals surface area contributed by atoms with Gasteiger partial charge in [-0.2, -0.15) is 0 Å². The molecule has 2 aromatic heterocycles. The van der Waals surface area contributed by atoms with Crippen LogP contribution in [0.15, 0.2) is 39.5 Å². The molecule has 0 saturated carbocycles. The molecule has 18 heavy (non-hydrogen) atoms. The summed E-state index contributed by atoms with van der Waals surface area (Å²) in [6, 6.07) is 5.41. The third-order valence-electron chi connectivity index (χ3n) is 2.43. The van der Waals surface area contributed by atoms with E-state index in [-0.39, 0.29) is 5.91 Å². The SMILES string of the molecule is CCn1cc(Br)cc1C(=O)Nc1ncccc1Br. The van der Waals surface area contributed by atoms with Crippen LogP contribution in [-0.4, -0.2) is 15.5 Å². The van der Waals surface area contributed by atoms with Gasteiger partial charge in [0.1, 0.15) is 11.5 Å². The largest absolute Gasteiger partial charge is 0.343 e. The van der Waals surface area contributed by atoms with E-state index in [9.17, 15) is 4.79 Å². The Labute approximate surface area is 122 Å². The van der Waals surface area contributed by atoms with Gasteiger partial charge in [-0.1, -0.05) is 0 Å². The Morgan fingerprint density at radius 1 is 1.50 bits per heavy atom. The van der Waals surface area contributed by atoms with Crippen LogP contribution in [0, 0.1) is 0 Å².